The van der Waals surface area contributed by atoms with Gasteiger partial charge in [-0.1, -0.05) is 18.2 Å². The summed E-state index contributed by atoms with van der Waals surface area (Å²) in [5.41, 5.74) is 1.41. The minimum absolute atomic E-state index is 0.381. The molecule has 1 aromatic carbocycles. The van der Waals surface area contributed by atoms with Gasteiger partial charge in [-0.2, -0.15) is 0 Å². The number of benzene rings is 1. The van der Waals surface area contributed by atoms with Crippen LogP contribution in [0.15, 0.2) is 29.2 Å². The van der Waals surface area contributed by atoms with Gasteiger partial charge in [-0.25, -0.2) is 0 Å². The van der Waals surface area contributed by atoms with Crippen LogP contribution in [0.4, 0.5) is 5.95 Å². The molecule has 1 aliphatic heterocycles. The highest BCUT2D eigenvalue weighted by Gasteiger charge is 2.27. The smallest absolute Gasteiger partial charge is 0.224 e. The van der Waals surface area contributed by atoms with E-state index in [2.05, 4.69) is 39.8 Å². The zero-order valence-corrected chi connectivity index (χ0v) is 10.7. The van der Waals surface area contributed by atoms with E-state index in [1.54, 1.807) is 0 Å². The summed E-state index contributed by atoms with van der Waals surface area (Å²) >= 11 is 1.88. The first-order valence-corrected chi connectivity index (χ1v) is 6.49. The Bertz CT molecular complexity index is 524. The molecule has 4 nitrogen and oxygen atoms in total. The zero-order valence-electron chi connectivity index (χ0n) is 9.84. The molecule has 0 saturated carbocycles. The molecule has 17 heavy (non-hydrogen) atoms. The van der Waals surface area contributed by atoms with Crippen molar-refractivity contribution in [3.63, 3.8) is 0 Å². The largest absolute Gasteiger partial charge is 0.357 e. The van der Waals surface area contributed by atoms with Crippen molar-refractivity contribution in [2.45, 2.75) is 16.6 Å². The van der Waals surface area contributed by atoms with Gasteiger partial charge in [-0.15, -0.1) is 22.0 Å². The van der Waals surface area contributed by atoms with E-state index in [4.69, 9.17) is 0 Å². The van der Waals surface area contributed by atoms with Crippen LogP contribution >= 0.6 is 11.8 Å². The lowest BCUT2D eigenvalue weighted by molar-refractivity contribution is 0.767. The summed E-state index contributed by atoms with van der Waals surface area (Å²) in [7, 11) is 3.87. The van der Waals surface area contributed by atoms with Crippen molar-refractivity contribution < 1.29 is 0 Å². The second-order valence-electron chi connectivity index (χ2n) is 4.11. The molecule has 5 heteroatoms. The van der Waals surface area contributed by atoms with Crippen molar-refractivity contribution in [3.8, 4) is 0 Å². The molecule has 0 aliphatic carbocycles. The van der Waals surface area contributed by atoms with Crippen LogP contribution in [-0.2, 0) is 13.5 Å². The Morgan fingerprint density at radius 3 is 2.88 bits per heavy atom. The highest BCUT2D eigenvalue weighted by Crippen LogP contribution is 2.45. The molecule has 1 aliphatic rings. The molecule has 0 radical (unpaired) electrons. The van der Waals surface area contributed by atoms with Gasteiger partial charge in [-0.3, -0.25) is 4.57 Å². The van der Waals surface area contributed by atoms with E-state index in [-0.39, 0.29) is 0 Å². The highest BCUT2D eigenvalue weighted by molar-refractivity contribution is 7.99. The highest BCUT2D eigenvalue weighted by atomic mass is 32.2. The van der Waals surface area contributed by atoms with E-state index < -0.39 is 0 Å². The number of hydrogen-bond donors (Lipinski definition) is 1. The maximum Gasteiger partial charge on any atom is 0.224 e. The Hall–Kier alpha value is -1.49. The summed E-state index contributed by atoms with van der Waals surface area (Å²) in [6.07, 6.45) is 1.04. The van der Waals surface area contributed by atoms with Gasteiger partial charge in [0, 0.05) is 19.0 Å². The van der Waals surface area contributed by atoms with Crippen molar-refractivity contribution >= 4 is 17.7 Å². The van der Waals surface area contributed by atoms with Gasteiger partial charge in [0.1, 0.15) is 5.82 Å². The quantitative estimate of drug-likeness (QED) is 0.882. The van der Waals surface area contributed by atoms with Crippen molar-refractivity contribution in [2.75, 3.05) is 12.4 Å². The molecule has 0 spiro atoms. The summed E-state index contributed by atoms with van der Waals surface area (Å²) in [5, 5.41) is 11.8. The van der Waals surface area contributed by atoms with Gasteiger partial charge in [0.05, 0.1) is 5.25 Å². The fourth-order valence-electron chi connectivity index (χ4n) is 2.17. The van der Waals surface area contributed by atoms with Crippen molar-refractivity contribution in [3.05, 3.63) is 35.7 Å². The molecule has 3 rings (SSSR count). The number of fused-ring (bicyclic) bond motifs is 1. The van der Waals surface area contributed by atoms with Crippen molar-refractivity contribution in [1.82, 2.24) is 14.8 Å². The van der Waals surface area contributed by atoms with Crippen molar-refractivity contribution in [2.24, 2.45) is 7.05 Å². The van der Waals surface area contributed by atoms with Crippen LogP contribution in [0.2, 0.25) is 0 Å². The first-order valence-electron chi connectivity index (χ1n) is 5.61. The SMILES string of the molecule is CNc1nnc(C2Cc3ccccc3S2)n1C. The number of nitrogens with one attached hydrogen (secondary N) is 1. The number of nitrogens with zero attached hydrogens (tertiary/aromatic N) is 3. The summed E-state index contributed by atoms with van der Waals surface area (Å²) < 4.78 is 2.03. The molecule has 0 fully saturated rings. The third-order valence-corrected chi connectivity index (χ3v) is 4.38. The van der Waals surface area contributed by atoms with Gasteiger partial charge in [0.2, 0.25) is 5.95 Å². The lowest BCUT2D eigenvalue weighted by atomic mass is 10.1. The van der Waals surface area contributed by atoms with Crippen LogP contribution in [0.1, 0.15) is 16.6 Å². The number of anilines is 1. The van der Waals surface area contributed by atoms with E-state index in [0.717, 1.165) is 18.2 Å². The summed E-state index contributed by atoms with van der Waals surface area (Å²) in [6.45, 7) is 0. The zero-order chi connectivity index (χ0) is 11.8. The topological polar surface area (TPSA) is 42.7 Å². The standard InChI is InChI=1S/C12H14N4S/c1-13-12-15-14-11(16(12)2)10-7-8-5-3-4-6-9(8)17-10/h3-6,10H,7H2,1-2H3,(H,13,15). The molecule has 1 aromatic heterocycles. The van der Waals surface area contributed by atoms with Gasteiger partial charge < -0.3 is 5.32 Å². The monoisotopic (exact) mass is 246 g/mol. The Morgan fingerprint density at radius 1 is 1.35 bits per heavy atom. The van der Waals surface area contributed by atoms with E-state index in [0.29, 0.717) is 5.25 Å². The molecule has 0 saturated heterocycles. The van der Waals surface area contributed by atoms with E-state index in [1.165, 1.54) is 10.5 Å². The molecular weight excluding hydrogens is 232 g/mol. The molecule has 2 aromatic rings. The van der Waals surface area contributed by atoms with E-state index in [1.807, 2.05) is 30.4 Å². The maximum atomic E-state index is 4.28. The molecule has 2 heterocycles. The third-order valence-electron chi connectivity index (χ3n) is 3.07. The van der Waals surface area contributed by atoms with Crippen LogP contribution in [0.5, 0.6) is 0 Å². The fraction of sp³-hybridized carbons (Fsp3) is 0.333. The number of aromatic nitrogens is 3. The molecular formula is C12H14N4S. The maximum absolute atomic E-state index is 4.28. The lowest BCUT2D eigenvalue weighted by Crippen LogP contribution is -2.05. The Kier molecular flexibility index (Phi) is 2.55. The average molecular weight is 246 g/mol. The van der Waals surface area contributed by atoms with Crippen LogP contribution in [0, 0.1) is 0 Å². The second kappa shape index (κ2) is 4.07. The normalized spacial score (nSPS) is 18.1. The van der Waals surface area contributed by atoms with Gasteiger partial charge >= 0.3 is 0 Å². The Balaban J connectivity index is 1.91. The summed E-state index contributed by atoms with van der Waals surface area (Å²) in [6, 6.07) is 8.55. The third kappa shape index (κ3) is 1.70. The minimum Gasteiger partial charge on any atom is -0.357 e. The molecule has 0 amide bonds. The Labute approximate surface area is 104 Å². The number of thioether (sulfide) groups is 1. The first-order chi connectivity index (χ1) is 8.29. The van der Waals surface area contributed by atoms with Crippen LogP contribution < -0.4 is 5.32 Å². The van der Waals surface area contributed by atoms with Gasteiger partial charge in [0.15, 0.2) is 0 Å². The second-order valence-corrected chi connectivity index (χ2v) is 5.35. The lowest BCUT2D eigenvalue weighted by Gasteiger charge is -2.08. The molecule has 1 N–H and O–H groups in total. The van der Waals surface area contributed by atoms with E-state index in [9.17, 15) is 0 Å². The predicted octanol–water partition coefficient (Wildman–Crippen LogP) is 2.25. The van der Waals surface area contributed by atoms with Crippen LogP contribution in [0.25, 0.3) is 0 Å². The van der Waals surface area contributed by atoms with Crippen LogP contribution in [-0.4, -0.2) is 21.8 Å². The minimum atomic E-state index is 0.381. The predicted molar refractivity (Wildman–Crippen MR) is 69.3 cm³/mol. The van der Waals surface area contributed by atoms with Gasteiger partial charge in [-0.05, 0) is 18.1 Å². The van der Waals surface area contributed by atoms with Crippen LogP contribution in [0.3, 0.4) is 0 Å². The molecule has 88 valence electrons. The first kappa shape index (κ1) is 10.7. The molecule has 1 atom stereocenters. The average Bonchev–Trinajstić information content (AvgIpc) is 2.91. The Morgan fingerprint density at radius 2 is 2.18 bits per heavy atom. The summed E-state index contributed by atoms with van der Waals surface area (Å²) in [4.78, 5) is 1.37. The van der Waals surface area contributed by atoms with Crippen molar-refractivity contribution in [1.29, 1.82) is 0 Å². The number of rotatable bonds is 2. The molecule has 1 unspecified atom stereocenters. The van der Waals surface area contributed by atoms with Gasteiger partial charge in [0.25, 0.3) is 0 Å². The summed E-state index contributed by atoms with van der Waals surface area (Å²) in [5.74, 6) is 1.85. The fourth-order valence-corrected chi connectivity index (χ4v) is 3.51. The number of hydrogen-bond acceptors (Lipinski definition) is 4. The van der Waals surface area contributed by atoms with E-state index >= 15 is 0 Å². The molecule has 0 bridgehead atoms.